The first-order valence-corrected chi connectivity index (χ1v) is 6.85. The Balaban J connectivity index is 2.20. The molecule has 0 bridgehead atoms. The van der Waals surface area contributed by atoms with E-state index in [1.54, 1.807) is 0 Å². The van der Waals surface area contributed by atoms with Crippen LogP contribution in [0.3, 0.4) is 0 Å². The third-order valence-corrected chi connectivity index (χ3v) is 3.78. The largest absolute Gasteiger partial charge is 0.481 e. The van der Waals surface area contributed by atoms with Gasteiger partial charge in [0.15, 0.2) is 0 Å². The molecule has 0 heterocycles. The molecule has 4 nitrogen and oxygen atoms in total. The van der Waals surface area contributed by atoms with E-state index in [0.29, 0.717) is 6.04 Å². The van der Waals surface area contributed by atoms with Crippen molar-refractivity contribution in [1.29, 1.82) is 0 Å². The lowest BCUT2D eigenvalue weighted by Gasteiger charge is -2.28. The van der Waals surface area contributed by atoms with E-state index in [9.17, 15) is 4.79 Å². The second kappa shape index (κ2) is 7.67. The normalized spacial score (nSPS) is 25.1. The molecular formula is C13H26N2O2. The summed E-state index contributed by atoms with van der Waals surface area (Å²) in [5, 5.41) is 12.5. The van der Waals surface area contributed by atoms with Crippen LogP contribution < -0.4 is 5.32 Å². The van der Waals surface area contributed by atoms with Crippen LogP contribution in [0.2, 0.25) is 0 Å². The van der Waals surface area contributed by atoms with Crippen molar-refractivity contribution in [3.63, 3.8) is 0 Å². The molecule has 1 aliphatic rings. The summed E-state index contributed by atoms with van der Waals surface area (Å²) < 4.78 is 0. The van der Waals surface area contributed by atoms with Crippen LogP contribution >= 0.6 is 0 Å². The van der Waals surface area contributed by atoms with Crippen molar-refractivity contribution in [1.82, 2.24) is 10.2 Å². The highest BCUT2D eigenvalue weighted by Crippen LogP contribution is 2.24. The molecule has 0 radical (unpaired) electrons. The zero-order valence-electron chi connectivity index (χ0n) is 11.1. The molecule has 0 spiro atoms. The van der Waals surface area contributed by atoms with Gasteiger partial charge in [0.2, 0.25) is 0 Å². The summed E-state index contributed by atoms with van der Waals surface area (Å²) in [7, 11) is 0. The summed E-state index contributed by atoms with van der Waals surface area (Å²) in [5.41, 5.74) is 0. The van der Waals surface area contributed by atoms with Gasteiger partial charge in [-0.3, -0.25) is 4.79 Å². The molecule has 0 aromatic rings. The van der Waals surface area contributed by atoms with Crippen molar-refractivity contribution in [2.75, 3.05) is 26.2 Å². The van der Waals surface area contributed by atoms with Crippen molar-refractivity contribution in [2.24, 2.45) is 5.92 Å². The Bertz CT molecular complexity index is 229. The number of hydrogen-bond acceptors (Lipinski definition) is 3. The third-order valence-electron chi connectivity index (χ3n) is 3.78. The highest BCUT2D eigenvalue weighted by atomic mass is 16.4. The van der Waals surface area contributed by atoms with Gasteiger partial charge in [-0.25, -0.2) is 0 Å². The third kappa shape index (κ3) is 5.04. The Labute approximate surface area is 104 Å². The zero-order valence-corrected chi connectivity index (χ0v) is 11.1. The molecule has 1 aliphatic carbocycles. The molecule has 2 unspecified atom stereocenters. The van der Waals surface area contributed by atoms with E-state index in [4.69, 9.17) is 5.11 Å². The van der Waals surface area contributed by atoms with E-state index >= 15 is 0 Å². The summed E-state index contributed by atoms with van der Waals surface area (Å²) in [4.78, 5) is 13.3. The van der Waals surface area contributed by atoms with Crippen molar-refractivity contribution in [3.8, 4) is 0 Å². The van der Waals surface area contributed by atoms with Gasteiger partial charge in [0, 0.05) is 19.1 Å². The lowest BCUT2D eigenvalue weighted by atomic mass is 9.86. The summed E-state index contributed by atoms with van der Waals surface area (Å²) >= 11 is 0. The van der Waals surface area contributed by atoms with Gasteiger partial charge < -0.3 is 15.3 Å². The fourth-order valence-electron chi connectivity index (χ4n) is 2.57. The van der Waals surface area contributed by atoms with E-state index in [1.165, 1.54) is 0 Å². The molecule has 100 valence electrons. The van der Waals surface area contributed by atoms with E-state index < -0.39 is 5.97 Å². The molecule has 1 saturated carbocycles. The molecule has 0 aliphatic heterocycles. The predicted octanol–water partition coefficient (Wildman–Crippen LogP) is 1.56. The smallest absolute Gasteiger partial charge is 0.306 e. The van der Waals surface area contributed by atoms with Gasteiger partial charge in [-0.2, -0.15) is 0 Å². The maximum Gasteiger partial charge on any atom is 0.306 e. The minimum atomic E-state index is -0.625. The van der Waals surface area contributed by atoms with Crippen molar-refractivity contribution in [3.05, 3.63) is 0 Å². The van der Waals surface area contributed by atoms with Crippen molar-refractivity contribution < 1.29 is 9.90 Å². The quantitative estimate of drug-likeness (QED) is 0.711. The molecule has 2 N–H and O–H groups in total. The fourth-order valence-corrected chi connectivity index (χ4v) is 2.57. The maximum absolute atomic E-state index is 10.9. The number of aliphatic carboxylic acids is 1. The Morgan fingerprint density at radius 1 is 1.35 bits per heavy atom. The SMILES string of the molecule is CCN(CC)CCNC1CCCC(C(=O)O)C1. The number of hydrogen-bond donors (Lipinski definition) is 2. The standard InChI is InChI=1S/C13H26N2O2/c1-3-15(4-2)9-8-14-12-7-5-6-11(10-12)13(16)17/h11-12,14H,3-10H2,1-2H3,(H,16,17). The second-order valence-electron chi connectivity index (χ2n) is 4.88. The number of likely N-dealkylation sites (N-methyl/N-ethyl adjacent to an activating group) is 1. The first-order valence-electron chi connectivity index (χ1n) is 6.85. The summed E-state index contributed by atoms with van der Waals surface area (Å²) in [6.45, 7) is 8.54. The first kappa shape index (κ1) is 14.5. The van der Waals surface area contributed by atoms with Crippen LogP contribution in [0.15, 0.2) is 0 Å². The molecule has 1 rings (SSSR count). The predicted molar refractivity (Wildman–Crippen MR) is 69.2 cm³/mol. The lowest BCUT2D eigenvalue weighted by Crippen LogP contribution is -2.40. The van der Waals surface area contributed by atoms with Gasteiger partial charge in [0.1, 0.15) is 0 Å². The minimum absolute atomic E-state index is 0.130. The van der Waals surface area contributed by atoms with Crippen LogP contribution in [-0.4, -0.2) is 48.2 Å². The number of carboxylic acid groups (broad SMARTS) is 1. The Kier molecular flexibility index (Phi) is 6.52. The van der Waals surface area contributed by atoms with Crippen LogP contribution in [0.1, 0.15) is 39.5 Å². The van der Waals surface area contributed by atoms with E-state index in [-0.39, 0.29) is 5.92 Å². The van der Waals surface area contributed by atoms with Gasteiger partial charge in [0.25, 0.3) is 0 Å². The lowest BCUT2D eigenvalue weighted by molar-refractivity contribution is -0.143. The zero-order chi connectivity index (χ0) is 12.7. The summed E-state index contributed by atoms with van der Waals surface area (Å²) in [5.74, 6) is -0.755. The van der Waals surface area contributed by atoms with E-state index in [1.807, 2.05) is 0 Å². The monoisotopic (exact) mass is 242 g/mol. The number of nitrogens with one attached hydrogen (secondary N) is 1. The Morgan fingerprint density at radius 3 is 2.65 bits per heavy atom. The molecule has 0 saturated heterocycles. The summed E-state index contributed by atoms with van der Waals surface area (Å²) in [6.07, 6.45) is 3.82. The van der Waals surface area contributed by atoms with Gasteiger partial charge >= 0.3 is 5.97 Å². The molecular weight excluding hydrogens is 216 g/mol. The molecule has 17 heavy (non-hydrogen) atoms. The van der Waals surface area contributed by atoms with Crippen LogP contribution in [0, 0.1) is 5.92 Å². The van der Waals surface area contributed by atoms with E-state index in [2.05, 4.69) is 24.1 Å². The maximum atomic E-state index is 10.9. The highest BCUT2D eigenvalue weighted by molar-refractivity contribution is 5.70. The topological polar surface area (TPSA) is 52.6 Å². The highest BCUT2D eigenvalue weighted by Gasteiger charge is 2.26. The second-order valence-corrected chi connectivity index (χ2v) is 4.88. The van der Waals surface area contributed by atoms with Crippen LogP contribution in [0.25, 0.3) is 0 Å². The van der Waals surface area contributed by atoms with Gasteiger partial charge in [-0.1, -0.05) is 20.3 Å². The molecule has 1 fully saturated rings. The van der Waals surface area contributed by atoms with Gasteiger partial charge in [-0.15, -0.1) is 0 Å². The molecule has 0 aromatic carbocycles. The summed E-state index contributed by atoms with van der Waals surface area (Å²) in [6, 6.07) is 0.403. The number of carbonyl (C=O) groups is 1. The fraction of sp³-hybridized carbons (Fsp3) is 0.923. The Hall–Kier alpha value is -0.610. The average Bonchev–Trinajstić information content (AvgIpc) is 2.35. The molecule has 2 atom stereocenters. The molecule has 0 amide bonds. The van der Waals surface area contributed by atoms with Crippen molar-refractivity contribution >= 4 is 5.97 Å². The molecule has 4 heteroatoms. The number of nitrogens with zero attached hydrogens (tertiary/aromatic N) is 1. The Morgan fingerprint density at radius 2 is 2.06 bits per heavy atom. The molecule has 0 aromatic heterocycles. The van der Waals surface area contributed by atoms with E-state index in [0.717, 1.165) is 51.9 Å². The average molecular weight is 242 g/mol. The van der Waals surface area contributed by atoms with Crippen LogP contribution in [0.5, 0.6) is 0 Å². The van der Waals surface area contributed by atoms with Crippen LogP contribution in [-0.2, 0) is 4.79 Å². The van der Waals surface area contributed by atoms with Crippen LogP contribution in [0.4, 0.5) is 0 Å². The first-order chi connectivity index (χ1) is 8.17. The number of carboxylic acids is 1. The van der Waals surface area contributed by atoms with Gasteiger partial charge in [0.05, 0.1) is 5.92 Å². The number of rotatable bonds is 7. The minimum Gasteiger partial charge on any atom is -0.481 e. The van der Waals surface area contributed by atoms with Gasteiger partial charge in [-0.05, 0) is 32.4 Å². The van der Waals surface area contributed by atoms with Crippen molar-refractivity contribution in [2.45, 2.75) is 45.6 Å².